The molecule has 1 aliphatic heterocycles. The lowest BCUT2D eigenvalue weighted by atomic mass is 10.1. The van der Waals surface area contributed by atoms with Crippen molar-refractivity contribution < 1.29 is 22.7 Å². The highest BCUT2D eigenvalue weighted by Gasteiger charge is 2.43. The first-order valence-electron chi connectivity index (χ1n) is 9.04. The van der Waals surface area contributed by atoms with Crippen LogP contribution < -0.4 is 4.74 Å². The van der Waals surface area contributed by atoms with Crippen LogP contribution >= 0.6 is 0 Å². The zero-order valence-electron chi connectivity index (χ0n) is 16.2. The van der Waals surface area contributed by atoms with Gasteiger partial charge in [0.15, 0.2) is 0 Å². The van der Waals surface area contributed by atoms with Crippen molar-refractivity contribution >= 4 is 16.1 Å². The molecule has 7 nitrogen and oxygen atoms in total. The number of ether oxygens (including phenoxy) is 2. The van der Waals surface area contributed by atoms with Crippen molar-refractivity contribution in [2.24, 2.45) is 0 Å². The Morgan fingerprint density at radius 2 is 1.71 bits per heavy atom. The van der Waals surface area contributed by atoms with Crippen molar-refractivity contribution in [1.29, 1.82) is 0 Å². The average molecular weight is 404 g/mol. The van der Waals surface area contributed by atoms with Crippen LogP contribution in [-0.2, 0) is 14.8 Å². The molecule has 0 saturated carbocycles. The van der Waals surface area contributed by atoms with Gasteiger partial charge >= 0.3 is 6.09 Å². The highest BCUT2D eigenvalue weighted by atomic mass is 32.2. The number of sulfonamides is 1. The zero-order chi connectivity index (χ0) is 20.3. The van der Waals surface area contributed by atoms with Crippen molar-refractivity contribution in [2.45, 2.75) is 24.9 Å². The lowest BCUT2D eigenvalue weighted by Gasteiger charge is -2.29. The van der Waals surface area contributed by atoms with E-state index in [2.05, 4.69) is 0 Å². The van der Waals surface area contributed by atoms with Crippen molar-refractivity contribution in [3.63, 3.8) is 0 Å². The number of aryl methyl sites for hydroxylation is 1. The number of hydrogen-bond acceptors (Lipinski definition) is 5. The maximum Gasteiger partial charge on any atom is 0.411 e. The van der Waals surface area contributed by atoms with Gasteiger partial charge in [-0.05, 0) is 43.7 Å². The fourth-order valence-corrected chi connectivity index (χ4v) is 4.79. The molecule has 28 heavy (non-hydrogen) atoms. The molecule has 1 saturated heterocycles. The van der Waals surface area contributed by atoms with E-state index in [0.29, 0.717) is 11.3 Å². The van der Waals surface area contributed by atoms with Crippen molar-refractivity contribution in [2.75, 3.05) is 26.8 Å². The number of carbonyl (C=O) groups excluding carboxylic acids is 1. The highest BCUT2D eigenvalue weighted by Crippen LogP contribution is 2.36. The van der Waals surface area contributed by atoms with E-state index in [9.17, 15) is 13.2 Å². The van der Waals surface area contributed by atoms with Gasteiger partial charge in [0.1, 0.15) is 11.9 Å². The van der Waals surface area contributed by atoms with Crippen LogP contribution in [0.1, 0.15) is 24.2 Å². The second kappa shape index (κ2) is 8.20. The Labute approximate surface area is 165 Å². The van der Waals surface area contributed by atoms with Gasteiger partial charge in [-0.1, -0.05) is 29.8 Å². The zero-order valence-corrected chi connectivity index (χ0v) is 17.0. The first-order chi connectivity index (χ1) is 13.4. The van der Waals surface area contributed by atoms with Crippen LogP contribution in [0, 0.1) is 6.92 Å². The monoisotopic (exact) mass is 404 g/mol. The number of hydrogen-bond donors (Lipinski definition) is 0. The molecule has 0 aromatic heterocycles. The summed E-state index contributed by atoms with van der Waals surface area (Å²) in [4.78, 5) is 14.1. The quantitative estimate of drug-likeness (QED) is 0.765. The predicted molar refractivity (Wildman–Crippen MR) is 105 cm³/mol. The van der Waals surface area contributed by atoms with Gasteiger partial charge in [0.05, 0.1) is 18.6 Å². The van der Waals surface area contributed by atoms with Crippen LogP contribution in [0.15, 0.2) is 53.4 Å². The minimum Gasteiger partial charge on any atom is -0.497 e. The first-order valence-corrected chi connectivity index (χ1v) is 10.5. The van der Waals surface area contributed by atoms with E-state index in [0.717, 1.165) is 5.56 Å². The van der Waals surface area contributed by atoms with Gasteiger partial charge in [-0.2, -0.15) is 4.31 Å². The molecular formula is C20H24N2O5S. The molecule has 0 spiro atoms. The molecule has 2 aromatic carbocycles. The minimum absolute atomic E-state index is 0.186. The Hall–Kier alpha value is -2.58. The Morgan fingerprint density at radius 1 is 1.07 bits per heavy atom. The van der Waals surface area contributed by atoms with Gasteiger partial charge in [-0.25, -0.2) is 13.2 Å². The van der Waals surface area contributed by atoms with Crippen LogP contribution in [0.5, 0.6) is 5.75 Å². The van der Waals surface area contributed by atoms with E-state index in [1.807, 2.05) is 6.92 Å². The van der Waals surface area contributed by atoms with E-state index in [4.69, 9.17) is 9.47 Å². The van der Waals surface area contributed by atoms with Crippen LogP contribution in [0.2, 0.25) is 0 Å². The molecule has 1 amide bonds. The Morgan fingerprint density at radius 3 is 2.29 bits per heavy atom. The summed E-state index contributed by atoms with van der Waals surface area (Å²) < 4.78 is 38.3. The fraction of sp³-hybridized carbons (Fsp3) is 0.350. The molecule has 0 aliphatic carbocycles. The van der Waals surface area contributed by atoms with Crippen molar-refractivity contribution in [3.05, 3.63) is 59.7 Å². The second-order valence-corrected chi connectivity index (χ2v) is 8.36. The third-order valence-corrected chi connectivity index (χ3v) is 6.54. The molecular weight excluding hydrogens is 380 g/mol. The molecule has 1 aliphatic rings. The number of amides is 1. The molecule has 0 bridgehead atoms. The van der Waals surface area contributed by atoms with Gasteiger partial charge in [0, 0.05) is 13.1 Å². The maximum absolute atomic E-state index is 13.3. The van der Waals surface area contributed by atoms with E-state index >= 15 is 0 Å². The van der Waals surface area contributed by atoms with Gasteiger partial charge in [-0.3, -0.25) is 4.90 Å². The summed E-state index contributed by atoms with van der Waals surface area (Å²) in [6.07, 6.45) is -1.32. The molecule has 0 unspecified atom stereocenters. The van der Waals surface area contributed by atoms with Gasteiger partial charge in [0.2, 0.25) is 10.0 Å². The molecule has 1 atom stereocenters. The SMILES string of the molecule is CCOC(=O)N1CCN(S(=O)(=O)c2ccc(C)cc2)[C@@H]1c1ccc(OC)cc1. The predicted octanol–water partition coefficient (Wildman–Crippen LogP) is 3.17. The normalized spacial score (nSPS) is 17.5. The number of carbonyl (C=O) groups is 1. The van der Waals surface area contributed by atoms with Crippen LogP contribution in [0.4, 0.5) is 4.79 Å². The third kappa shape index (κ3) is 3.83. The van der Waals surface area contributed by atoms with E-state index in [1.165, 1.54) is 9.21 Å². The lowest BCUT2D eigenvalue weighted by Crippen LogP contribution is -2.38. The lowest BCUT2D eigenvalue weighted by molar-refractivity contribution is 0.0930. The molecule has 3 rings (SSSR count). The van der Waals surface area contributed by atoms with Crippen LogP contribution in [0.25, 0.3) is 0 Å². The third-order valence-electron chi connectivity index (χ3n) is 4.67. The van der Waals surface area contributed by atoms with E-state index in [1.54, 1.807) is 62.6 Å². The number of benzene rings is 2. The van der Waals surface area contributed by atoms with Crippen LogP contribution in [-0.4, -0.2) is 50.5 Å². The summed E-state index contributed by atoms with van der Waals surface area (Å²) in [5.74, 6) is 0.650. The molecule has 150 valence electrons. The van der Waals surface area contributed by atoms with Crippen molar-refractivity contribution in [1.82, 2.24) is 9.21 Å². The topological polar surface area (TPSA) is 76.2 Å². The van der Waals surface area contributed by atoms with E-state index < -0.39 is 22.3 Å². The minimum atomic E-state index is -3.80. The summed E-state index contributed by atoms with van der Waals surface area (Å²) in [6.45, 7) is 4.27. The average Bonchev–Trinajstić information content (AvgIpc) is 3.15. The van der Waals surface area contributed by atoms with Gasteiger partial charge in [-0.15, -0.1) is 0 Å². The molecule has 1 heterocycles. The first kappa shape index (κ1) is 20.2. The molecule has 8 heteroatoms. The smallest absolute Gasteiger partial charge is 0.411 e. The number of methoxy groups -OCH3 is 1. The van der Waals surface area contributed by atoms with Crippen molar-refractivity contribution in [3.8, 4) is 5.75 Å². The maximum atomic E-state index is 13.3. The molecule has 0 N–H and O–H groups in total. The van der Waals surface area contributed by atoms with E-state index in [-0.39, 0.29) is 24.6 Å². The molecule has 0 radical (unpaired) electrons. The largest absolute Gasteiger partial charge is 0.497 e. The summed E-state index contributed by atoms with van der Waals surface area (Å²) in [6, 6.07) is 13.7. The second-order valence-electron chi connectivity index (χ2n) is 6.47. The number of nitrogens with zero attached hydrogens (tertiary/aromatic N) is 2. The van der Waals surface area contributed by atoms with Crippen LogP contribution in [0.3, 0.4) is 0 Å². The fourth-order valence-electron chi connectivity index (χ4n) is 3.22. The Balaban J connectivity index is 2.02. The standard InChI is InChI=1S/C20H24N2O5S/c1-4-27-20(23)21-13-14-22(19(21)16-7-9-17(26-3)10-8-16)28(24,25)18-11-5-15(2)6-12-18/h5-12,19H,4,13-14H2,1-3H3/t19-/m1/s1. The summed E-state index contributed by atoms with van der Waals surface area (Å²) in [5.41, 5.74) is 1.64. The van der Waals surface area contributed by atoms with Gasteiger partial charge in [0.25, 0.3) is 0 Å². The molecule has 1 fully saturated rings. The van der Waals surface area contributed by atoms with Gasteiger partial charge < -0.3 is 9.47 Å². The molecule has 2 aromatic rings. The number of rotatable bonds is 5. The highest BCUT2D eigenvalue weighted by molar-refractivity contribution is 7.89. The summed E-state index contributed by atoms with van der Waals surface area (Å²) >= 11 is 0. The summed E-state index contributed by atoms with van der Waals surface area (Å²) in [7, 11) is -2.24. The summed E-state index contributed by atoms with van der Waals surface area (Å²) in [5, 5.41) is 0. The Bertz CT molecular complexity index is 926. The Kier molecular flexibility index (Phi) is 5.90.